The van der Waals surface area contributed by atoms with Gasteiger partial charge in [0.1, 0.15) is 0 Å². The molecule has 4 nitrogen and oxygen atoms in total. The van der Waals surface area contributed by atoms with Crippen LogP contribution in [0, 0.1) is 0 Å². The summed E-state index contributed by atoms with van der Waals surface area (Å²) in [6.07, 6.45) is 13.1. The topological polar surface area (TPSA) is 58.4 Å². The second kappa shape index (κ2) is 14.7. The highest BCUT2D eigenvalue weighted by Gasteiger charge is 2.42. The Hall–Kier alpha value is -1.26. The number of carbonyl (C=O) groups excluding carboxylic acids is 1. The van der Waals surface area contributed by atoms with Crippen LogP contribution in [-0.2, 0) is 0 Å². The zero-order valence-corrected chi connectivity index (χ0v) is 21.7. The minimum atomic E-state index is -0.483. The lowest BCUT2D eigenvalue weighted by molar-refractivity contribution is 0.0806. The van der Waals surface area contributed by atoms with Gasteiger partial charge in [0.2, 0.25) is 0 Å². The van der Waals surface area contributed by atoms with Crippen LogP contribution in [0.15, 0.2) is 24.3 Å². The zero-order chi connectivity index (χ0) is 22.6. The summed E-state index contributed by atoms with van der Waals surface area (Å²) in [5.74, 6) is -0.0214. The van der Waals surface area contributed by atoms with Crippen molar-refractivity contribution >= 4 is 24.0 Å². The van der Waals surface area contributed by atoms with E-state index in [0.717, 1.165) is 31.4 Å². The zero-order valence-electron chi connectivity index (χ0n) is 20.9. The molecular weight excluding hydrogens is 406 g/mol. The second-order valence-electron chi connectivity index (χ2n) is 9.67. The highest BCUT2D eigenvalue weighted by atomic mass is 35.5. The first kappa shape index (κ1) is 29.7. The lowest BCUT2D eigenvalue weighted by atomic mass is 9.73. The number of halogens is 1. The van der Waals surface area contributed by atoms with Gasteiger partial charge < -0.3 is 16.0 Å². The van der Waals surface area contributed by atoms with E-state index in [1.165, 1.54) is 44.9 Å². The molecule has 1 rings (SSSR count). The molecule has 31 heavy (non-hydrogen) atoms. The van der Waals surface area contributed by atoms with Gasteiger partial charge >= 0.3 is 0 Å². The molecule has 3 N–H and O–H groups in total. The van der Waals surface area contributed by atoms with Gasteiger partial charge in [0, 0.05) is 30.9 Å². The average Bonchev–Trinajstić information content (AvgIpc) is 2.69. The highest BCUT2D eigenvalue weighted by Crippen LogP contribution is 2.32. The fraction of sp³-hybridized carbons (Fsp3) is 0.731. The molecule has 0 aromatic heterocycles. The fourth-order valence-electron chi connectivity index (χ4n) is 4.24. The van der Waals surface area contributed by atoms with Crippen molar-refractivity contribution in [3.63, 3.8) is 0 Å². The number of anilines is 1. The van der Waals surface area contributed by atoms with Crippen LogP contribution in [0.1, 0.15) is 109 Å². The van der Waals surface area contributed by atoms with E-state index in [4.69, 9.17) is 5.73 Å². The van der Waals surface area contributed by atoms with Crippen molar-refractivity contribution in [2.24, 2.45) is 5.73 Å². The SMILES string of the molecule is CCCCCCCCCCC(CCC)(NC(=O)c1ccc(N(C)C)cc1)C(C)(C)N.Cl. The van der Waals surface area contributed by atoms with E-state index in [1.807, 2.05) is 43.3 Å². The third kappa shape index (κ3) is 9.82. The smallest absolute Gasteiger partial charge is 0.251 e. The Morgan fingerprint density at radius 2 is 1.39 bits per heavy atom. The van der Waals surface area contributed by atoms with Gasteiger partial charge in [-0.2, -0.15) is 0 Å². The van der Waals surface area contributed by atoms with E-state index >= 15 is 0 Å². The third-order valence-electron chi connectivity index (χ3n) is 6.37. The molecule has 0 spiro atoms. The van der Waals surface area contributed by atoms with Gasteiger partial charge in [0.25, 0.3) is 5.91 Å². The van der Waals surface area contributed by atoms with Crippen LogP contribution in [0.5, 0.6) is 0 Å². The molecule has 0 radical (unpaired) electrons. The number of hydrogen-bond acceptors (Lipinski definition) is 3. The molecule has 180 valence electrons. The summed E-state index contributed by atoms with van der Waals surface area (Å²) in [6, 6.07) is 7.79. The summed E-state index contributed by atoms with van der Waals surface area (Å²) >= 11 is 0. The van der Waals surface area contributed by atoms with Gasteiger partial charge in [-0.05, 0) is 51.0 Å². The number of nitrogens with one attached hydrogen (secondary N) is 1. The Balaban J connectivity index is 0.00000900. The summed E-state index contributed by atoms with van der Waals surface area (Å²) in [5.41, 5.74) is 7.58. The van der Waals surface area contributed by atoms with E-state index < -0.39 is 5.54 Å². The van der Waals surface area contributed by atoms with Crippen molar-refractivity contribution in [2.45, 2.75) is 109 Å². The number of nitrogens with two attached hydrogens (primary N) is 1. The molecule has 1 atom stereocenters. The summed E-state index contributed by atoms with van der Waals surface area (Å²) in [7, 11) is 4.00. The minimum absolute atomic E-state index is 0. The Bertz CT molecular complexity index is 610. The van der Waals surface area contributed by atoms with Gasteiger partial charge in [0.15, 0.2) is 0 Å². The average molecular weight is 454 g/mol. The molecule has 1 aromatic rings. The highest BCUT2D eigenvalue weighted by molar-refractivity contribution is 5.95. The monoisotopic (exact) mass is 453 g/mol. The van der Waals surface area contributed by atoms with Crippen molar-refractivity contribution in [3.05, 3.63) is 29.8 Å². The molecule has 0 heterocycles. The number of unbranched alkanes of at least 4 members (excludes halogenated alkanes) is 7. The molecule has 1 unspecified atom stereocenters. The lowest BCUT2D eigenvalue weighted by Gasteiger charge is -2.46. The molecule has 0 fully saturated rings. The molecular formula is C26H48ClN3O. The molecule has 0 bridgehead atoms. The number of benzene rings is 1. The van der Waals surface area contributed by atoms with E-state index in [-0.39, 0.29) is 23.9 Å². The van der Waals surface area contributed by atoms with Crippen molar-refractivity contribution < 1.29 is 4.79 Å². The standard InChI is InChI=1S/C26H47N3O.ClH/c1-7-9-10-11-12-13-14-15-21-26(20-8-2,25(3,4)27)28-24(30)22-16-18-23(19-17-22)29(5)6;/h16-19H,7-15,20-21,27H2,1-6H3,(H,28,30);1H. The fourth-order valence-corrected chi connectivity index (χ4v) is 4.24. The summed E-state index contributed by atoms with van der Waals surface area (Å²) in [4.78, 5) is 15.2. The van der Waals surface area contributed by atoms with Crippen molar-refractivity contribution in [2.75, 3.05) is 19.0 Å². The maximum Gasteiger partial charge on any atom is 0.251 e. The van der Waals surface area contributed by atoms with Crippen LogP contribution < -0.4 is 16.0 Å². The Labute approximate surface area is 198 Å². The first-order valence-electron chi connectivity index (χ1n) is 12.1. The molecule has 0 aliphatic carbocycles. The molecule has 5 heteroatoms. The normalized spacial score (nSPS) is 13.3. The molecule has 0 aliphatic rings. The van der Waals surface area contributed by atoms with Crippen molar-refractivity contribution in [1.29, 1.82) is 0 Å². The van der Waals surface area contributed by atoms with E-state index in [2.05, 4.69) is 33.0 Å². The van der Waals surface area contributed by atoms with Crippen molar-refractivity contribution in [3.8, 4) is 0 Å². The first-order valence-corrected chi connectivity index (χ1v) is 12.1. The summed E-state index contributed by atoms with van der Waals surface area (Å²) in [6.45, 7) is 8.55. The summed E-state index contributed by atoms with van der Waals surface area (Å²) in [5, 5.41) is 3.38. The Morgan fingerprint density at radius 1 is 0.871 bits per heavy atom. The number of nitrogens with zero attached hydrogens (tertiary/aromatic N) is 1. The third-order valence-corrected chi connectivity index (χ3v) is 6.37. The number of carbonyl (C=O) groups is 1. The van der Waals surface area contributed by atoms with Gasteiger partial charge in [-0.3, -0.25) is 4.79 Å². The summed E-state index contributed by atoms with van der Waals surface area (Å²) < 4.78 is 0. The van der Waals surface area contributed by atoms with E-state index in [9.17, 15) is 4.79 Å². The van der Waals surface area contributed by atoms with Gasteiger partial charge in [0.05, 0.1) is 5.54 Å². The Kier molecular flexibility index (Phi) is 14.1. The van der Waals surface area contributed by atoms with E-state index in [1.54, 1.807) is 0 Å². The van der Waals surface area contributed by atoms with Crippen LogP contribution in [0.25, 0.3) is 0 Å². The minimum Gasteiger partial charge on any atom is -0.378 e. The molecule has 1 amide bonds. The van der Waals surface area contributed by atoms with Crippen LogP contribution >= 0.6 is 12.4 Å². The van der Waals surface area contributed by atoms with Crippen LogP contribution in [0.3, 0.4) is 0 Å². The van der Waals surface area contributed by atoms with Crippen molar-refractivity contribution in [1.82, 2.24) is 5.32 Å². The number of hydrogen-bond donors (Lipinski definition) is 2. The van der Waals surface area contributed by atoms with Crippen LogP contribution in [-0.4, -0.2) is 31.1 Å². The lowest BCUT2D eigenvalue weighted by Crippen LogP contribution is -2.66. The predicted octanol–water partition coefficient (Wildman–Crippen LogP) is 6.71. The molecule has 0 saturated carbocycles. The number of rotatable bonds is 15. The molecule has 0 saturated heterocycles. The second-order valence-corrected chi connectivity index (χ2v) is 9.67. The molecule has 1 aromatic carbocycles. The maximum atomic E-state index is 13.1. The first-order chi connectivity index (χ1) is 14.2. The van der Waals surface area contributed by atoms with Gasteiger partial charge in [-0.25, -0.2) is 0 Å². The van der Waals surface area contributed by atoms with Gasteiger partial charge in [-0.1, -0.05) is 71.6 Å². The quantitative estimate of drug-likeness (QED) is 0.290. The van der Waals surface area contributed by atoms with E-state index in [0.29, 0.717) is 5.56 Å². The van der Waals surface area contributed by atoms with Gasteiger partial charge in [-0.15, -0.1) is 12.4 Å². The van der Waals surface area contributed by atoms with Crippen LogP contribution in [0.2, 0.25) is 0 Å². The largest absolute Gasteiger partial charge is 0.378 e. The van der Waals surface area contributed by atoms with Crippen LogP contribution in [0.4, 0.5) is 5.69 Å². The maximum absolute atomic E-state index is 13.1. The Morgan fingerprint density at radius 3 is 1.84 bits per heavy atom. The number of amides is 1. The molecule has 0 aliphatic heterocycles. The predicted molar refractivity (Wildman–Crippen MR) is 139 cm³/mol.